The first-order valence-electron chi connectivity index (χ1n) is 12.2. The minimum atomic E-state index is -0.0914. The molecule has 2 fully saturated rings. The van der Waals surface area contributed by atoms with Gasteiger partial charge in [-0.3, -0.25) is 4.79 Å². The quantitative estimate of drug-likeness (QED) is 0.308. The van der Waals surface area contributed by atoms with Crippen LogP contribution in [-0.4, -0.2) is 28.4 Å². The molecule has 1 heterocycles. The van der Waals surface area contributed by atoms with Gasteiger partial charge >= 0.3 is 0 Å². The summed E-state index contributed by atoms with van der Waals surface area (Å²) in [5, 5.41) is 4.87. The van der Waals surface area contributed by atoms with Crippen LogP contribution >= 0.6 is 34.8 Å². The number of hydrogen-bond donors (Lipinski definition) is 1. The second kappa shape index (κ2) is 10.8. The molecule has 1 amide bonds. The van der Waals surface area contributed by atoms with Crippen LogP contribution in [0.2, 0.25) is 15.1 Å². The zero-order chi connectivity index (χ0) is 24.4. The highest BCUT2D eigenvalue weighted by Crippen LogP contribution is 2.36. The normalized spacial score (nSPS) is 15.5. The molecule has 7 heteroatoms. The van der Waals surface area contributed by atoms with Crippen molar-refractivity contribution in [2.45, 2.75) is 57.0 Å². The van der Waals surface area contributed by atoms with Crippen LogP contribution in [0, 0.1) is 0 Å². The molecule has 0 saturated heterocycles. The molecule has 2 aliphatic carbocycles. The number of pyridine rings is 1. The van der Waals surface area contributed by atoms with Crippen LogP contribution in [0.4, 0.5) is 5.82 Å². The van der Waals surface area contributed by atoms with Gasteiger partial charge in [-0.15, -0.1) is 0 Å². The van der Waals surface area contributed by atoms with E-state index in [1.807, 2.05) is 17.0 Å². The largest absolute Gasteiger partial charge is 0.367 e. The lowest BCUT2D eigenvalue weighted by Crippen LogP contribution is -2.33. The summed E-state index contributed by atoms with van der Waals surface area (Å²) in [6.45, 7) is 1.02. The van der Waals surface area contributed by atoms with Crippen molar-refractivity contribution < 1.29 is 4.79 Å². The third-order valence-electron chi connectivity index (χ3n) is 6.87. The summed E-state index contributed by atoms with van der Waals surface area (Å²) in [5.41, 5.74) is 4.02. The first-order valence-corrected chi connectivity index (χ1v) is 13.3. The fraction of sp³-hybridized carbons (Fsp3) is 0.357. The summed E-state index contributed by atoms with van der Waals surface area (Å²) < 4.78 is 0. The molecule has 3 aromatic rings. The van der Waals surface area contributed by atoms with Crippen molar-refractivity contribution in [3.8, 4) is 0 Å². The van der Waals surface area contributed by atoms with Gasteiger partial charge in [-0.2, -0.15) is 0 Å². The number of aromatic nitrogens is 1. The van der Waals surface area contributed by atoms with Gasteiger partial charge in [-0.1, -0.05) is 71.6 Å². The fourth-order valence-corrected chi connectivity index (χ4v) is 4.86. The molecule has 5 rings (SSSR count). The van der Waals surface area contributed by atoms with Gasteiger partial charge in [0.25, 0.3) is 5.91 Å². The summed E-state index contributed by atoms with van der Waals surface area (Å²) in [6, 6.07) is 16.4. The molecule has 0 unspecified atom stereocenters. The Balaban J connectivity index is 1.38. The minimum absolute atomic E-state index is 0.0914. The van der Waals surface area contributed by atoms with E-state index >= 15 is 0 Å². The smallest absolute Gasteiger partial charge is 0.257 e. The number of carbonyl (C=O) groups excluding carboxylic acids is 1. The van der Waals surface area contributed by atoms with E-state index in [1.54, 1.807) is 18.3 Å². The van der Waals surface area contributed by atoms with Gasteiger partial charge in [-0.05, 0) is 72.9 Å². The molecule has 0 aliphatic heterocycles. The van der Waals surface area contributed by atoms with E-state index in [2.05, 4.69) is 34.6 Å². The third-order valence-corrected chi connectivity index (χ3v) is 7.82. The maximum absolute atomic E-state index is 13.8. The minimum Gasteiger partial charge on any atom is -0.367 e. The number of nitrogens with zero attached hydrogens (tertiary/aromatic N) is 2. The summed E-state index contributed by atoms with van der Waals surface area (Å²) in [5.74, 6) is 1.19. The van der Waals surface area contributed by atoms with Crippen LogP contribution < -0.4 is 5.32 Å². The van der Waals surface area contributed by atoms with E-state index in [9.17, 15) is 4.79 Å². The van der Waals surface area contributed by atoms with Crippen molar-refractivity contribution in [3.05, 3.63) is 92.0 Å². The van der Waals surface area contributed by atoms with Crippen LogP contribution in [0.1, 0.15) is 65.1 Å². The van der Waals surface area contributed by atoms with Gasteiger partial charge in [0.1, 0.15) is 5.82 Å². The summed E-state index contributed by atoms with van der Waals surface area (Å²) in [6.07, 6.45) is 8.27. The number of halogens is 3. The molecule has 4 nitrogen and oxygen atoms in total. The topological polar surface area (TPSA) is 45.2 Å². The lowest BCUT2D eigenvalue weighted by atomic mass is 9.80. The Morgan fingerprint density at radius 1 is 0.943 bits per heavy atom. The Bertz CT molecular complexity index is 1210. The highest BCUT2D eigenvalue weighted by atomic mass is 35.5. The maximum atomic E-state index is 13.8. The number of hydrogen-bond acceptors (Lipinski definition) is 3. The van der Waals surface area contributed by atoms with E-state index in [-0.39, 0.29) is 5.91 Å². The summed E-state index contributed by atoms with van der Waals surface area (Å²) in [7, 11) is 0. The molecule has 2 saturated carbocycles. The molecule has 0 atom stereocenters. The molecule has 182 valence electrons. The number of rotatable bonds is 9. The second-order valence-corrected chi connectivity index (χ2v) is 10.8. The maximum Gasteiger partial charge on any atom is 0.257 e. The van der Waals surface area contributed by atoms with Crippen molar-refractivity contribution in [1.29, 1.82) is 0 Å². The molecular weight excluding hydrogens is 501 g/mol. The van der Waals surface area contributed by atoms with Crippen molar-refractivity contribution in [1.82, 2.24) is 9.88 Å². The van der Waals surface area contributed by atoms with E-state index < -0.39 is 0 Å². The van der Waals surface area contributed by atoms with Crippen molar-refractivity contribution in [3.63, 3.8) is 0 Å². The number of carbonyl (C=O) groups is 1. The van der Waals surface area contributed by atoms with Crippen LogP contribution in [0.25, 0.3) is 0 Å². The number of nitrogens with one attached hydrogen (secondary N) is 1. The summed E-state index contributed by atoms with van der Waals surface area (Å²) in [4.78, 5) is 20.1. The van der Waals surface area contributed by atoms with Crippen LogP contribution in [0.3, 0.4) is 0 Å². The Hall–Kier alpha value is -2.27. The second-order valence-electron chi connectivity index (χ2n) is 9.56. The van der Waals surface area contributed by atoms with Crippen LogP contribution in [-0.2, 0) is 13.0 Å². The average Bonchev–Trinajstić information content (AvgIpc) is 3.63. The number of amides is 1. The summed E-state index contributed by atoms with van der Waals surface area (Å²) >= 11 is 18.6. The van der Waals surface area contributed by atoms with Gasteiger partial charge in [0, 0.05) is 25.3 Å². The lowest BCUT2D eigenvalue weighted by Gasteiger charge is -2.27. The average molecular weight is 529 g/mol. The van der Waals surface area contributed by atoms with Crippen molar-refractivity contribution in [2.24, 2.45) is 0 Å². The fourth-order valence-electron chi connectivity index (χ4n) is 4.38. The van der Waals surface area contributed by atoms with E-state index in [0.717, 1.165) is 24.0 Å². The first kappa shape index (κ1) is 24.4. The zero-order valence-corrected chi connectivity index (χ0v) is 21.7. The lowest BCUT2D eigenvalue weighted by molar-refractivity contribution is 0.0745. The zero-order valence-electron chi connectivity index (χ0n) is 19.4. The number of anilines is 1. The third kappa shape index (κ3) is 6.11. The molecule has 0 spiro atoms. The van der Waals surface area contributed by atoms with Gasteiger partial charge in [-0.25, -0.2) is 4.98 Å². The van der Waals surface area contributed by atoms with Gasteiger partial charge in [0.2, 0.25) is 0 Å². The molecule has 35 heavy (non-hydrogen) atoms. The predicted molar refractivity (Wildman–Crippen MR) is 144 cm³/mol. The molecular formula is C28H28Cl3N3O. The first-order chi connectivity index (χ1) is 17.0. The predicted octanol–water partition coefficient (Wildman–Crippen LogP) is 7.77. The Morgan fingerprint density at radius 2 is 1.69 bits per heavy atom. The Kier molecular flexibility index (Phi) is 7.52. The SMILES string of the molecule is O=C(c1cc(Cl)cnc1NC1CC1)N(CCc1ccc(Cl)c(Cl)c1)Cc1ccc(C2CCC2)cc1. The van der Waals surface area contributed by atoms with E-state index in [0.29, 0.717) is 57.9 Å². The molecule has 2 aliphatic rings. The molecule has 0 bridgehead atoms. The highest BCUT2D eigenvalue weighted by Gasteiger charge is 2.26. The highest BCUT2D eigenvalue weighted by molar-refractivity contribution is 6.42. The van der Waals surface area contributed by atoms with Crippen LogP contribution in [0.5, 0.6) is 0 Å². The molecule has 1 aromatic heterocycles. The Morgan fingerprint density at radius 3 is 2.34 bits per heavy atom. The van der Waals surface area contributed by atoms with Gasteiger partial charge < -0.3 is 10.2 Å². The molecule has 2 aromatic carbocycles. The Labute approximate surface area is 221 Å². The monoisotopic (exact) mass is 527 g/mol. The van der Waals surface area contributed by atoms with E-state index in [1.165, 1.54) is 24.8 Å². The standard InChI is InChI=1S/C28H28Cl3N3O/c29-22-15-24(27(32-16-22)33-23-9-10-23)28(35)34(13-12-18-6-11-25(30)26(31)14-18)17-19-4-7-21(8-5-19)20-2-1-3-20/h4-8,11,14-16,20,23H,1-3,9-10,12-13,17H2,(H,32,33). The van der Waals surface area contributed by atoms with E-state index in [4.69, 9.17) is 34.8 Å². The number of benzene rings is 2. The van der Waals surface area contributed by atoms with Crippen molar-refractivity contribution >= 4 is 46.5 Å². The molecule has 1 N–H and O–H groups in total. The van der Waals surface area contributed by atoms with Crippen molar-refractivity contribution in [2.75, 3.05) is 11.9 Å². The molecule has 0 radical (unpaired) electrons. The van der Waals surface area contributed by atoms with Gasteiger partial charge in [0.15, 0.2) is 0 Å². The van der Waals surface area contributed by atoms with Crippen LogP contribution in [0.15, 0.2) is 54.7 Å². The van der Waals surface area contributed by atoms with Gasteiger partial charge in [0.05, 0.1) is 20.6 Å².